The molecule has 1 saturated heterocycles. The van der Waals surface area contributed by atoms with Gasteiger partial charge in [0.2, 0.25) is 5.91 Å². The number of nitrogens with one attached hydrogen (secondary N) is 1. The first kappa shape index (κ1) is 20.6. The van der Waals surface area contributed by atoms with E-state index in [9.17, 15) is 9.59 Å². The summed E-state index contributed by atoms with van der Waals surface area (Å²) < 4.78 is 10.6. The second-order valence-corrected chi connectivity index (χ2v) is 7.30. The minimum Gasteiger partial charge on any atom is -0.444 e. The van der Waals surface area contributed by atoms with Crippen LogP contribution in [0.2, 0.25) is 0 Å². The molecule has 1 aliphatic rings. The lowest BCUT2D eigenvalue weighted by molar-refractivity contribution is -0.116. The fraction of sp³-hybridized carbons (Fsp3) is 0.261. The molecule has 2 amide bonds. The van der Waals surface area contributed by atoms with E-state index in [1.54, 1.807) is 37.5 Å². The van der Waals surface area contributed by atoms with Gasteiger partial charge in [0.15, 0.2) is 12.2 Å². The normalized spacial score (nSPS) is 13.6. The van der Waals surface area contributed by atoms with Crippen LogP contribution in [0.15, 0.2) is 65.5 Å². The number of likely N-dealkylation sites (N-methyl/N-ethyl adjacent to an activating group) is 1. The Morgan fingerprint density at radius 1 is 1.06 bits per heavy atom. The van der Waals surface area contributed by atoms with Crippen LogP contribution in [-0.4, -0.2) is 61.6 Å². The molecule has 0 radical (unpaired) electrons. The number of carbonyl (C=O) groups is 2. The predicted octanol–water partition coefficient (Wildman–Crippen LogP) is 2.89. The highest BCUT2D eigenvalue weighted by Crippen LogP contribution is 2.20. The summed E-state index contributed by atoms with van der Waals surface area (Å²) in [6, 6.07) is 14.7. The van der Waals surface area contributed by atoms with Crippen LogP contribution in [0.1, 0.15) is 10.4 Å². The summed E-state index contributed by atoms with van der Waals surface area (Å²) in [5.41, 5.74) is 3.12. The van der Waals surface area contributed by atoms with Crippen molar-refractivity contribution >= 4 is 23.2 Å². The van der Waals surface area contributed by atoms with E-state index in [0.717, 1.165) is 37.6 Å². The van der Waals surface area contributed by atoms with Gasteiger partial charge in [0.25, 0.3) is 5.91 Å². The summed E-state index contributed by atoms with van der Waals surface area (Å²) in [6.07, 6.45) is 2.97. The number of amides is 2. The first-order valence-electron chi connectivity index (χ1n) is 10.1. The SMILES string of the molecule is CN(CC(=O)Nc1ccc(N2CCOCC2)cc1)C(=O)c1ccc(-c2cnco2)cc1. The van der Waals surface area contributed by atoms with Crippen molar-refractivity contribution in [1.82, 2.24) is 9.88 Å². The topological polar surface area (TPSA) is 87.9 Å². The number of nitrogens with zero attached hydrogens (tertiary/aromatic N) is 3. The maximum absolute atomic E-state index is 12.6. The molecule has 160 valence electrons. The van der Waals surface area contributed by atoms with Crippen LogP contribution in [0.3, 0.4) is 0 Å². The van der Waals surface area contributed by atoms with Gasteiger partial charge in [-0.3, -0.25) is 9.59 Å². The highest BCUT2D eigenvalue weighted by atomic mass is 16.5. The first-order valence-corrected chi connectivity index (χ1v) is 10.1. The van der Waals surface area contributed by atoms with Crippen molar-refractivity contribution < 1.29 is 18.7 Å². The molecule has 0 saturated carbocycles. The van der Waals surface area contributed by atoms with Gasteiger partial charge >= 0.3 is 0 Å². The van der Waals surface area contributed by atoms with Crippen LogP contribution in [0.5, 0.6) is 0 Å². The molecule has 0 spiro atoms. The fourth-order valence-electron chi connectivity index (χ4n) is 3.42. The monoisotopic (exact) mass is 420 g/mol. The summed E-state index contributed by atoms with van der Waals surface area (Å²) in [5, 5.41) is 2.84. The maximum atomic E-state index is 12.6. The molecule has 8 nitrogen and oxygen atoms in total. The number of carbonyl (C=O) groups excluding carboxylic acids is 2. The van der Waals surface area contributed by atoms with Crippen molar-refractivity contribution in [3.05, 3.63) is 66.7 Å². The van der Waals surface area contributed by atoms with Crippen molar-refractivity contribution in [3.8, 4) is 11.3 Å². The zero-order valence-electron chi connectivity index (χ0n) is 17.3. The highest BCUT2D eigenvalue weighted by Gasteiger charge is 2.16. The van der Waals surface area contributed by atoms with E-state index in [0.29, 0.717) is 17.0 Å². The first-order chi connectivity index (χ1) is 15.1. The van der Waals surface area contributed by atoms with Gasteiger partial charge in [-0.05, 0) is 36.4 Å². The minimum atomic E-state index is -0.256. The van der Waals surface area contributed by atoms with Gasteiger partial charge in [-0.15, -0.1) is 0 Å². The molecule has 0 aliphatic carbocycles. The third kappa shape index (κ3) is 5.10. The fourth-order valence-corrected chi connectivity index (χ4v) is 3.42. The number of aromatic nitrogens is 1. The standard InChI is InChI=1S/C23H24N4O4/c1-26(23(29)18-4-2-17(3-5-18)21-14-24-16-31-21)15-22(28)25-19-6-8-20(9-7-19)27-10-12-30-13-11-27/h2-9,14,16H,10-13,15H2,1H3,(H,25,28). The third-order valence-electron chi connectivity index (χ3n) is 5.10. The molecule has 31 heavy (non-hydrogen) atoms. The minimum absolute atomic E-state index is 0.0477. The van der Waals surface area contributed by atoms with Crippen LogP contribution < -0.4 is 10.2 Å². The Balaban J connectivity index is 1.31. The van der Waals surface area contributed by atoms with Crippen molar-refractivity contribution in [2.24, 2.45) is 0 Å². The van der Waals surface area contributed by atoms with Gasteiger partial charge in [-0.2, -0.15) is 0 Å². The molecule has 3 aromatic rings. The van der Waals surface area contributed by atoms with Crippen LogP contribution in [0, 0.1) is 0 Å². The molecular formula is C23H24N4O4. The van der Waals surface area contributed by atoms with Crippen LogP contribution in [0.25, 0.3) is 11.3 Å². The molecule has 1 aliphatic heterocycles. The molecule has 2 aromatic carbocycles. The maximum Gasteiger partial charge on any atom is 0.254 e. The second-order valence-electron chi connectivity index (χ2n) is 7.30. The Morgan fingerprint density at radius 2 is 1.77 bits per heavy atom. The molecule has 1 N–H and O–H groups in total. The van der Waals surface area contributed by atoms with Crippen LogP contribution in [0.4, 0.5) is 11.4 Å². The van der Waals surface area contributed by atoms with E-state index < -0.39 is 0 Å². The number of oxazole rings is 1. The summed E-state index contributed by atoms with van der Waals surface area (Å²) >= 11 is 0. The van der Waals surface area contributed by atoms with Gasteiger partial charge in [-0.25, -0.2) is 4.98 Å². The summed E-state index contributed by atoms with van der Waals surface area (Å²) in [6.45, 7) is 3.12. The summed E-state index contributed by atoms with van der Waals surface area (Å²) in [4.78, 5) is 32.6. The predicted molar refractivity (Wildman–Crippen MR) is 117 cm³/mol. The van der Waals surface area contributed by atoms with E-state index >= 15 is 0 Å². The lowest BCUT2D eigenvalue weighted by Gasteiger charge is -2.28. The Morgan fingerprint density at radius 3 is 2.42 bits per heavy atom. The molecule has 8 heteroatoms. The number of hydrogen-bond acceptors (Lipinski definition) is 6. The van der Waals surface area contributed by atoms with E-state index in [4.69, 9.17) is 9.15 Å². The zero-order chi connectivity index (χ0) is 21.6. The molecule has 0 unspecified atom stereocenters. The Hall–Kier alpha value is -3.65. The third-order valence-corrected chi connectivity index (χ3v) is 5.10. The Kier molecular flexibility index (Phi) is 6.28. The van der Waals surface area contributed by atoms with Crippen LogP contribution >= 0.6 is 0 Å². The number of rotatable bonds is 6. The largest absolute Gasteiger partial charge is 0.444 e. The zero-order valence-corrected chi connectivity index (χ0v) is 17.3. The van der Waals surface area contributed by atoms with Crippen molar-refractivity contribution in [1.29, 1.82) is 0 Å². The smallest absolute Gasteiger partial charge is 0.254 e. The average Bonchev–Trinajstić information content (AvgIpc) is 3.35. The second kappa shape index (κ2) is 9.44. The van der Waals surface area contributed by atoms with Crippen molar-refractivity contribution in [2.75, 3.05) is 50.1 Å². The average molecular weight is 420 g/mol. The van der Waals surface area contributed by atoms with E-state index in [1.807, 2.05) is 24.3 Å². The van der Waals surface area contributed by atoms with E-state index in [1.165, 1.54) is 11.3 Å². The number of hydrogen-bond donors (Lipinski definition) is 1. The van der Waals surface area contributed by atoms with Gasteiger partial charge in [-0.1, -0.05) is 12.1 Å². The number of morpholine rings is 1. The molecule has 0 bridgehead atoms. The quantitative estimate of drug-likeness (QED) is 0.660. The van der Waals surface area contributed by atoms with Gasteiger partial charge in [0.1, 0.15) is 0 Å². The highest BCUT2D eigenvalue weighted by molar-refractivity contribution is 5.99. The van der Waals surface area contributed by atoms with E-state index in [2.05, 4.69) is 15.2 Å². The molecule has 0 atom stereocenters. The van der Waals surface area contributed by atoms with E-state index in [-0.39, 0.29) is 18.4 Å². The summed E-state index contributed by atoms with van der Waals surface area (Å²) in [7, 11) is 1.60. The molecule has 1 fully saturated rings. The Labute approximate surface area is 180 Å². The Bertz CT molecular complexity index is 1010. The lowest BCUT2D eigenvalue weighted by atomic mass is 10.1. The number of benzene rings is 2. The van der Waals surface area contributed by atoms with Crippen LogP contribution in [-0.2, 0) is 9.53 Å². The molecule has 1 aromatic heterocycles. The summed E-state index contributed by atoms with van der Waals surface area (Å²) in [5.74, 6) is 0.140. The number of anilines is 2. The van der Waals surface area contributed by atoms with Gasteiger partial charge < -0.3 is 24.3 Å². The van der Waals surface area contributed by atoms with Gasteiger partial charge in [0, 0.05) is 42.6 Å². The molecule has 2 heterocycles. The molecular weight excluding hydrogens is 396 g/mol. The van der Waals surface area contributed by atoms with Crippen molar-refractivity contribution in [2.45, 2.75) is 0 Å². The molecule has 4 rings (SSSR count). The van der Waals surface area contributed by atoms with Crippen molar-refractivity contribution in [3.63, 3.8) is 0 Å². The lowest BCUT2D eigenvalue weighted by Crippen LogP contribution is -2.36. The number of ether oxygens (including phenoxy) is 1. The van der Waals surface area contributed by atoms with Gasteiger partial charge in [0.05, 0.1) is 26.0 Å².